The molecule has 0 atom stereocenters. The van der Waals surface area contributed by atoms with Crippen LogP contribution in [0.5, 0.6) is 0 Å². The van der Waals surface area contributed by atoms with Crippen molar-refractivity contribution in [2.24, 2.45) is 0 Å². The first-order valence-corrected chi connectivity index (χ1v) is 14.1. The first kappa shape index (κ1) is 21.1. The second-order valence-corrected chi connectivity index (χ2v) is 13.5. The minimum Gasteiger partial charge on any atom is -0.739 e. The van der Waals surface area contributed by atoms with Crippen molar-refractivity contribution < 1.29 is 13.0 Å². The fourth-order valence-corrected chi connectivity index (χ4v) is 9.40. The summed E-state index contributed by atoms with van der Waals surface area (Å²) in [6, 6.07) is 31.8. The van der Waals surface area contributed by atoms with Crippen LogP contribution in [-0.2, 0) is 9.15 Å². The highest BCUT2D eigenvalue weighted by molar-refractivity contribution is 8.69. The summed E-state index contributed by atoms with van der Waals surface area (Å²) < 4.78 is 32.6. The van der Waals surface area contributed by atoms with E-state index in [1.807, 2.05) is 18.2 Å². The van der Waals surface area contributed by atoms with Crippen molar-refractivity contribution in [2.45, 2.75) is 12.8 Å². The van der Waals surface area contributed by atoms with Crippen molar-refractivity contribution in [1.29, 1.82) is 0 Å². The van der Waals surface area contributed by atoms with Crippen LogP contribution in [0.1, 0.15) is 12.8 Å². The summed E-state index contributed by atoms with van der Waals surface area (Å²) in [4.78, 5) is 0. The fourth-order valence-electron chi connectivity index (χ4n) is 3.49. The van der Waals surface area contributed by atoms with E-state index >= 15 is 0 Å². The highest BCUT2D eigenvalue weighted by atomic mass is 33.1. The van der Waals surface area contributed by atoms with Crippen LogP contribution < -0.4 is 15.9 Å². The molecule has 0 saturated carbocycles. The van der Waals surface area contributed by atoms with Crippen LogP contribution in [0, 0.1) is 0 Å². The van der Waals surface area contributed by atoms with Gasteiger partial charge in [0.15, 0.2) is 0 Å². The number of hydrogen-bond acceptors (Lipinski definition) is 4. The van der Waals surface area contributed by atoms with E-state index in [9.17, 15) is 13.0 Å². The van der Waals surface area contributed by atoms with Gasteiger partial charge in [0.25, 0.3) is 0 Å². The Morgan fingerprint density at radius 1 is 0.679 bits per heavy atom. The zero-order chi connectivity index (χ0) is 19.9. The Morgan fingerprint density at radius 2 is 1.07 bits per heavy atom. The maximum absolute atomic E-state index is 10.9. The summed E-state index contributed by atoms with van der Waals surface area (Å²) in [5, 5.41) is 3.95. The van der Waals surface area contributed by atoms with Gasteiger partial charge in [-0.15, -0.1) is 0 Å². The van der Waals surface area contributed by atoms with Gasteiger partial charge in [-0.1, -0.05) is 54.6 Å². The maximum Gasteiger partial charge on any atom is 0.149 e. The third-order valence-electron chi connectivity index (χ3n) is 4.71. The molecule has 3 rings (SSSR count). The summed E-state index contributed by atoms with van der Waals surface area (Å²) in [5.74, 6) is 0.338. The second-order valence-electron chi connectivity index (χ2n) is 6.48. The highest BCUT2D eigenvalue weighted by Crippen LogP contribution is 2.55. The largest absolute Gasteiger partial charge is 0.739 e. The van der Waals surface area contributed by atoms with Gasteiger partial charge in [-0.05, 0) is 60.0 Å². The molecule has 0 N–H and O–H groups in total. The molecule has 0 saturated heterocycles. The molecule has 0 fully saturated rings. The van der Waals surface area contributed by atoms with Gasteiger partial charge in [-0.3, -0.25) is 0 Å². The molecule has 0 amide bonds. The van der Waals surface area contributed by atoms with Crippen LogP contribution >= 0.6 is 18.1 Å². The van der Waals surface area contributed by atoms with E-state index in [1.165, 1.54) is 15.9 Å². The summed E-state index contributed by atoms with van der Waals surface area (Å²) >= 11 is 0. The molecule has 0 aromatic heterocycles. The molecule has 146 valence electrons. The van der Waals surface area contributed by atoms with Gasteiger partial charge in [-0.2, -0.15) is 0 Å². The molecule has 0 spiro atoms. The van der Waals surface area contributed by atoms with Gasteiger partial charge >= 0.3 is 0 Å². The van der Waals surface area contributed by atoms with Crippen molar-refractivity contribution in [2.75, 3.05) is 11.9 Å². The second kappa shape index (κ2) is 9.71. The lowest BCUT2D eigenvalue weighted by molar-refractivity contribution is 0.482. The number of benzene rings is 3. The molecule has 3 aromatic carbocycles. The first-order chi connectivity index (χ1) is 13.5. The third-order valence-corrected chi connectivity index (χ3v) is 11.3. The monoisotopic (exact) mass is 430 g/mol. The molecule has 6 heteroatoms. The molecule has 3 nitrogen and oxygen atoms in total. The zero-order valence-electron chi connectivity index (χ0n) is 15.5. The number of rotatable bonds is 9. The van der Waals surface area contributed by atoms with E-state index in [1.54, 1.807) is 0 Å². The third kappa shape index (κ3) is 5.24. The van der Waals surface area contributed by atoms with E-state index in [0.717, 1.165) is 12.6 Å². The van der Waals surface area contributed by atoms with Gasteiger partial charge < -0.3 is 4.55 Å². The molecule has 0 unspecified atom stereocenters. The lowest BCUT2D eigenvalue weighted by Crippen LogP contribution is -2.33. The summed E-state index contributed by atoms with van der Waals surface area (Å²) in [7, 11) is -5.59. The van der Waals surface area contributed by atoms with Crippen LogP contribution in [0.15, 0.2) is 91.0 Å². The molecular weight excluding hydrogens is 407 g/mol. The molecule has 0 aliphatic carbocycles. The maximum atomic E-state index is 10.9. The number of unbranched alkanes of at least 4 members (excludes halogenated alkanes) is 1. The highest BCUT2D eigenvalue weighted by Gasteiger charge is 2.44. The lowest BCUT2D eigenvalue weighted by Gasteiger charge is -2.27. The Kier molecular flexibility index (Phi) is 7.30. The predicted octanol–water partition coefficient (Wildman–Crippen LogP) is 3.95. The van der Waals surface area contributed by atoms with E-state index in [4.69, 9.17) is 0 Å². The first-order valence-electron chi connectivity index (χ1n) is 9.17. The number of hydrogen-bond donors (Lipinski definition) is 0. The Hall–Kier alpha value is -1.65. The Balaban J connectivity index is 1.99. The van der Waals surface area contributed by atoms with Gasteiger partial charge in [0.1, 0.15) is 32.3 Å². The SMILES string of the molecule is O=S(=O)([O-])SCCCC[P+](c1ccccc1)(c1ccccc1)c1ccccc1. The van der Waals surface area contributed by atoms with Crippen LogP contribution in [0.4, 0.5) is 0 Å². The average Bonchev–Trinajstić information content (AvgIpc) is 2.72. The van der Waals surface area contributed by atoms with Gasteiger partial charge in [0, 0.05) is 5.75 Å². The quantitative estimate of drug-likeness (QED) is 0.223. The molecule has 3 aromatic rings. The summed E-state index contributed by atoms with van der Waals surface area (Å²) in [6.45, 7) is 0. The van der Waals surface area contributed by atoms with Crippen LogP contribution in [0.2, 0.25) is 0 Å². The lowest BCUT2D eigenvalue weighted by atomic mass is 10.3. The average molecular weight is 431 g/mol. The summed E-state index contributed by atoms with van der Waals surface area (Å²) in [6.07, 6.45) is 2.49. The molecule has 0 aliphatic rings. The molecule has 0 aliphatic heterocycles. The Labute approximate surface area is 171 Å². The van der Waals surface area contributed by atoms with Crippen LogP contribution in [0.25, 0.3) is 0 Å². The zero-order valence-corrected chi connectivity index (χ0v) is 18.0. The van der Waals surface area contributed by atoms with E-state index in [0.29, 0.717) is 23.0 Å². The molecule has 0 bridgehead atoms. The fraction of sp³-hybridized carbons (Fsp3) is 0.182. The molecular formula is C22H23O3PS2. The van der Waals surface area contributed by atoms with Crippen molar-refractivity contribution in [3.63, 3.8) is 0 Å². The van der Waals surface area contributed by atoms with Gasteiger partial charge in [0.05, 0.1) is 6.16 Å². The van der Waals surface area contributed by atoms with Crippen LogP contribution in [0.3, 0.4) is 0 Å². The topological polar surface area (TPSA) is 57.2 Å². The minimum atomic E-state index is -4.22. The van der Waals surface area contributed by atoms with E-state index in [-0.39, 0.29) is 0 Å². The Bertz CT molecular complexity index is 866. The van der Waals surface area contributed by atoms with E-state index < -0.39 is 16.4 Å². The molecule has 0 heterocycles. The van der Waals surface area contributed by atoms with Crippen molar-refractivity contribution in [3.05, 3.63) is 91.0 Å². The van der Waals surface area contributed by atoms with Gasteiger partial charge in [0.2, 0.25) is 0 Å². The standard InChI is InChI=1S/C22H23O3PS2/c23-28(24,25)27-19-11-10-18-26(20-12-4-1-5-13-20,21-14-6-2-7-15-21)22-16-8-3-9-17-22/h1-9,12-17H,10-11,18-19H2. The van der Waals surface area contributed by atoms with E-state index in [2.05, 4.69) is 72.8 Å². The predicted molar refractivity (Wildman–Crippen MR) is 121 cm³/mol. The van der Waals surface area contributed by atoms with Crippen molar-refractivity contribution in [1.82, 2.24) is 0 Å². The minimum absolute atomic E-state index is 0.338. The smallest absolute Gasteiger partial charge is 0.149 e. The molecule has 28 heavy (non-hydrogen) atoms. The normalized spacial score (nSPS) is 12.0. The van der Waals surface area contributed by atoms with Crippen molar-refractivity contribution >= 4 is 43.1 Å². The summed E-state index contributed by atoms with van der Waals surface area (Å²) in [5.41, 5.74) is 0. The molecule has 0 radical (unpaired) electrons. The van der Waals surface area contributed by atoms with Crippen LogP contribution in [-0.4, -0.2) is 24.9 Å². The Morgan fingerprint density at radius 3 is 1.43 bits per heavy atom. The van der Waals surface area contributed by atoms with Crippen molar-refractivity contribution in [3.8, 4) is 0 Å². The van der Waals surface area contributed by atoms with Gasteiger partial charge in [-0.25, -0.2) is 8.42 Å².